The SMILES string of the molecule is C#CCCCOS(=O)(=O)c1cccc(C(=O)NCCCCCNC(=O)OC(C)(C)C)c1. The third-order valence-electron chi connectivity index (χ3n) is 3.90. The number of carbonyl (C=O) groups is 2. The Hall–Kier alpha value is -2.57. The van der Waals surface area contributed by atoms with Crippen LogP contribution in [0.15, 0.2) is 29.2 Å². The van der Waals surface area contributed by atoms with Crippen LogP contribution in [0.2, 0.25) is 0 Å². The molecule has 0 fully saturated rings. The fraction of sp³-hybridized carbons (Fsp3) is 0.545. The van der Waals surface area contributed by atoms with Crippen LogP contribution < -0.4 is 10.6 Å². The number of nitrogens with one attached hydrogen (secondary N) is 2. The van der Waals surface area contributed by atoms with Gasteiger partial charge in [0.05, 0.1) is 11.5 Å². The average molecular weight is 453 g/mol. The Morgan fingerprint density at radius 2 is 1.74 bits per heavy atom. The van der Waals surface area contributed by atoms with Crippen molar-refractivity contribution in [2.24, 2.45) is 0 Å². The van der Waals surface area contributed by atoms with Crippen molar-refractivity contribution in [2.45, 2.75) is 63.4 Å². The molecule has 0 spiro atoms. The Morgan fingerprint density at radius 3 is 2.39 bits per heavy atom. The zero-order chi connectivity index (χ0) is 23.3. The van der Waals surface area contributed by atoms with Gasteiger partial charge in [-0.15, -0.1) is 12.3 Å². The standard InChI is InChI=1S/C22H32N2O6S/c1-5-6-10-16-29-31(27,28)19-13-11-12-18(17-19)20(25)23-14-8-7-9-15-24-21(26)30-22(2,3)4/h1,11-13,17H,6-10,14-16H2,2-4H3,(H,23,25)(H,24,26). The van der Waals surface area contributed by atoms with E-state index in [9.17, 15) is 18.0 Å². The minimum atomic E-state index is -3.94. The lowest BCUT2D eigenvalue weighted by atomic mass is 10.2. The van der Waals surface area contributed by atoms with Crippen LogP contribution in [0.3, 0.4) is 0 Å². The smallest absolute Gasteiger partial charge is 0.407 e. The molecule has 0 heterocycles. The van der Waals surface area contributed by atoms with Gasteiger partial charge in [0.2, 0.25) is 0 Å². The number of hydrogen-bond donors (Lipinski definition) is 2. The number of unbranched alkanes of at least 4 members (excludes halogenated alkanes) is 3. The minimum absolute atomic E-state index is 0.00819. The summed E-state index contributed by atoms with van der Waals surface area (Å²) in [5.41, 5.74) is -0.293. The molecule has 8 nitrogen and oxygen atoms in total. The third-order valence-corrected chi connectivity index (χ3v) is 5.20. The molecule has 0 aliphatic carbocycles. The van der Waals surface area contributed by atoms with Gasteiger partial charge in [0.25, 0.3) is 16.0 Å². The van der Waals surface area contributed by atoms with Crippen LogP contribution in [0.4, 0.5) is 4.79 Å². The molecular weight excluding hydrogens is 420 g/mol. The van der Waals surface area contributed by atoms with E-state index in [2.05, 4.69) is 16.6 Å². The Kier molecular flexibility index (Phi) is 11.1. The Morgan fingerprint density at radius 1 is 1.06 bits per heavy atom. The molecule has 2 amide bonds. The Balaban J connectivity index is 2.36. The normalized spacial score (nSPS) is 11.4. The molecule has 1 aromatic carbocycles. The summed E-state index contributed by atoms with van der Waals surface area (Å²) >= 11 is 0. The van der Waals surface area contributed by atoms with Crippen LogP contribution in [0.1, 0.15) is 63.2 Å². The van der Waals surface area contributed by atoms with Gasteiger partial charge < -0.3 is 15.4 Å². The largest absolute Gasteiger partial charge is 0.444 e. The zero-order valence-electron chi connectivity index (χ0n) is 18.4. The minimum Gasteiger partial charge on any atom is -0.444 e. The van der Waals surface area contributed by atoms with E-state index in [1.807, 2.05) is 0 Å². The van der Waals surface area contributed by atoms with E-state index in [1.54, 1.807) is 20.8 Å². The molecule has 0 atom stereocenters. The molecule has 31 heavy (non-hydrogen) atoms. The molecule has 1 rings (SSSR count). The van der Waals surface area contributed by atoms with E-state index in [4.69, 9.17) is 15.3 Å². The van der Waals surface area contributed by atoms with Gasteiger partial charge >= 0.3 is 6.09 Å². The van der Waals surface area contributed by atoms with E-state index < -0.39 is 21.8 Å². The summed E-state index contributed by atoms with van der Waals surface area (Å²) in [4.78, 5) is 23.7. The quantitative estimate of drug-likeness (QED) is 0.286. The average Bonchev–Trinajstić information content (AvgIpc) is 2.69. The number of benzene rings is 1. The van der Waals surface area contributed by atoms with Crippen LogP contribution in [0.5, 0.6) is 0 Å². The van der Waals surface area contributed by atoms with Crippen molar-refractivity contribution in [3.8, 4) is 12.3 Å². The highest BCUT2D eigenvalue weighted by molar-refractivity contribution is 7.86. The number of hydrogen-bond acceptors (Lipinski definition) is 6. The number of alkyl carbamates (subject to hydrolysis) is 1. The molecule has 9 heteroatoms. The fourth-order valence-corrected chi connectivity index (χ4v) is 3.43. The lowest BCUT2D eigenvalue weighted by molar-refractivity contribution is 0.0527. The molecule has 0 saturated heterocycles. The molecule has 0 saturated carbocycles. The second-order valence-corrected chi connectivity index (χ2v) is 9.47. The van der Waals surface area contributed by atoms with Crippen LogP contribution in [-0.2, 0) is 19.0 Å². The van der Waals surface area contributed by atoms with Crippen LogP contribution in [-0.4, -0.2) is 45.7 Å². The van der Waals surface area contributed by atoms with Crippen molar-refractivity contribution in [3.05, 3.63) is 29.8 Å². The first-order chi connectivity index (χ1) is 14.5. The van der Waals surface area contributed by atoms with Gasteiger partial charge in [-0.3, -0.25) is 8.98 Å². The number of carbonyl (C=O) groups excluding carboxylic acids is 2. The van der Waals surface area contributed by atoms with E-state index in [1.165, 1.54) is 24.3 Å². The first kappa shape index (κ1) is 26.5. The van der Waals surface area contributed by atoms with E-state index in [0.717, 1.165) is 19.3 Å². The summed E-state index contributed by atoms with van der Waals surface area (Å²) in [5, 5.41) is 5.44. The van der Waals surface area contributed by atoms with Gasteiger partial charge in [0.15, 0.2) is 0 Å². The topological polar surface area (TPSA) is 111 Å². The molecule has 0 aromatic heterocycles. The molecule has 0 bridgehead atoms. The summed E-state index contributed by atoms with van der Waals surface area (Å²) in [6.45, 7) is 6.32. The highest BCUT2D eigenvalue weighted by Crippen LogP contribution is 2.15. The van der Waals surface area contributed by atoms with Crippen molar-refractivity contribution in [3.63, 3.8) is 0 Å². The van der Waals surface area contributed by atoms with E-state index in [-0.39, 0.29) is 23.0 Å². The summed E-state index contributed by atoms with van der Waals surface area (Å²) in [7, 11) is -3.94. The second kappa shape index (κ2) is 13.0. The van der Waals surface area contributed by atoms with Crippen molar-refractivity contribution < 1.29 is 26.9 Å². The van der Waals surface area contributed by atoms with Gasteiger partial charge in [0, 0.05) is 25.1 Å². The lowest BCUT2D eigenvalue weighted by Gasteiger charge is -2.19. The molecule has 0 radical (unpaired) electrons. The van der Waals surface area contributed by atoms with Gasteiger partial charge in [-0.05, 0) is 64.7 Å². The van der Waals surface area contributed by atoms with Gasteiger partial charge in [-0.25, -0.2) is 4.79 Å². The highest BCUT2D eigenvalue weighted by atomic mass is 32.2. The maximum atomic E-state index is 12.3. The zero-order valence-corrected chi connectivity index (χ0v) is 19.2. The van der Waals surface area contributed by atoms with Crippen LogP contribution in [0, 0.1) is 12.3 Å². The molecule has 0 aliphatic rings. The molecule has 2 N–H and O–H groups in total. The maximum Gasteiger partial charge on any atom is 0.407 e. The molecule has 1 aromatic rings. The predicted octanol–water partition coefficient (Wildman–Crippen LogP) is 3.23. The monoisotopic (exact) mass is 452 g/mol. The summed E-state index contributed by atoms with van der Waals surface area (Å²) in [6, 6.07) is 5.70. The number of rotatable bonds is 12. The van der Waals surface area contributed by atoms with Gasteiger partial charge in [-0.1, -0.05) is 6.07 Å². The fourth-order valence-electron chi connectivity index (χ4n) is 2.44. The summed E-state index contributed by atoms with van der Waals surface area (Å²) in [5.74, 6) is 2.05. The number of amides is 2. The predicted molar refractivity (Wildman–Crippen MR) is 118 cm³/mol. The number of ether oxygens (including phenoxy) is 1. The first-order valence-corrected chi connectivity index (χ1v) is 11.6. The summed E-state index contributed by atoms with van der Waals surface area (Å²) in [6.07, 6.45) is 7.81. The molecule has 0 unspecified atom stereocenters. The first-order valence-electron chi connectivity index (χ1n) is 10.2. The Bertz CT molecular complexity index is 869. The van der Waals surface area contributed by atoms with Gasteiger partial charge in [-0.2, -0.15) is 8.42 Å². The summed E-state index contributed by atoms with van der Waals surface area (Å²) < 4.78 is 34.5. The second-order valence-electron chi connectivity index (χ2n) is 7.86. The van der Waals surface area contributed by atoms with Crippen molar-refractivity contribution in [1.29, 1.82) is 0 Å². The van der Waals surface area contributed by atoms with Crippen molar-refractivity contribution in [1.82, 2.24) is 10.6 Å². The van der Waals surface area contributed by atoms with Crippen molar-refractivity contribution in [2.75, 3.05) is 19.7 Å². The van der Waals surface area contributed by atoms with Crippen LogP contribution in [0.25, 0.3) is 0 Å². The molecule has 172 valence electrons. The third kappa shape index (κ3) is 11.4. The van der Waals surface area contributed by atoms with Crippen LogP contribution >= 0.6 is 0 Å². The van der Waals surface area contributed by atoms with Crippen molar-refractivity contribution >= 4 is 22.1 Å². The molecular formula is C22H32N2O6S. The molecule has 0 aliphatic heterocycles. The van der Waals surface area contributed by atoms with E-state index >= 15 is 0 Å². The Labute approximate surface area is 185 Å². The number of terminal acetylenes is 1. The van der Waals surface area contributed by atoms with Gasteiger partial charge in [0.1, 0.15) is 5.60 Å². The maximum absolute atomic E-state index is 12.3. The lowest BCUT2D eigenvalue weighted by Crippen LogP contribution is -2.33. The highest BCUT2D eigenvalue weighted by Gasteiger charge is 2.17. The van der Waals surface area contributed by atoms with E-state index in [0.29, 0.717) is 25.9 Å².